The van der Waals surface area contributed by atoms with Crippen LogP contribution < -0.4 is 0 Å². The second-order valence-electron chi connectivity index (χ2n) is 3.42. The zero-order chi connectivity index (χ0) is 9.97. The molecule has 0 aromatic heterocycles. The van der Waals surface area contributed by atoms with Crippen LogP contribution in [0, 0.1) is 0 Å². The van der Waals surface area contributed by atoms with Crippen molar-refractivity contribution in [2.24, 2.45) is 0 Å². The van der Waals surface area contributed by atoms with Crippen LogP contribution in [0.4, 0.5) is 0 Å². The maximum atomic E-state index is 11.5. The Labute approximate surface area is 82.0 Å². The molecule has 1 aliphatic carbocycles. The number of fused-ring (bicyclic) bond motifs is 1. The highest BCUT2D eigenvalue weighted by Crippen LogP contribution is 2.16. The number of carbonyl (C=O) groups is 1. The van der Waals surface area contributed by atoms with Crippen LogP contribution in [0.25, 0.3) is 5.53 Å². The fraction of sp³-hybridized carbons (Fsp3) is 0.273. The van der Waals surface area contributed by atoms with Crippen LogP contribution in [0.2, 0.25) is 0 Å². The van der Waals surface area contributed by atoms with Crippen molar-refractivity contribution in [2.45, 2.75) is 19.3 Å². The van der Waals surface area contributed by atoms with Crippen LogP contribution in [0.15, 0.2) is 24.3 Å². The predicted octanol–water partition coefficient (Wildman–Crippen LogP) is 1.42. The lowest BCUT2D eigenvalue weighted by Gasteiger charge is -2.00. The van der Waals surface area contributed by atoms with Gasteiger partial charge in [0.05, 0.1) is 6.42 Å². The fourth-order valence-electron chi connectivity index (χ4n) is 1.75. The first-order valence-corrected chi connectivity index (χ1v) is 4.62. The number of rotatable bonds is 0. The van der Waals surface area contributed by atoms with Gasteiger partial charge in [0.15, 0.2) is 0 Å². The molecule has 1 aromatic rings. The van der Waals surface area contributed by atoms with Gasteiger partial charge in [0.1, 0.15) is 0 Å². The van der Waals surface area contributed by atoms with Gasteiger partial charge in [0.2, 0.25) is 5.78 Å². The number of benzene rings is 1. The van der Waals surface area contributed by atoms with Gasteiger partial charge in [-0.2, -0.15) is 4.79 Å². The van der Waals surface area contributed by atoms with E-state index in [2.05, 4.69) is 4.79 Å². The molecule has 14 heavy (non-hydrogen) atoms. The smallest absolute Gasteiger partial charge is 0.335 e. The molecule has 0 fully saturated rings. The van der Waals surface area contributed by atoms with E-state index in [9.17, 15) is 4.79 Å². The van der Waals surface area contributed by atoms with Crippen molar-refractivity contribution < 1.29 is 9.58 Å². The highest BCUT2D eigenvalue weighted by Gasteiger charge is 2.24. The van der Waals surface area contributed by atoms with E-state index in [0.29, 0.717) is 18.6 Å². The van der Waals surface area contributed by atoms with E-state index in [-0.39, 0.29) is 5.78 Å². The van der Waals surface area contributed by atoms with Gasteiger partial charge in [0, 0.05) is 6.42 Å². The molecule has 3 nitrogen and oxygen atoms in total. The first kappa shape index (κ1) is 8.85. The monoisotopic (exact) mass is 186 g/mol. The average Bonchev–Trinajstić information content (AvgIpc) is 2.36. The predicted molar refractivity (Wildman–Crippen MR) is 52.1 cm³/mol. The molecule has 0 bridgehead atoms. The summed E-state index contributed by atoms with van der Waals surface area (Å²) in [7, 11) is 0. The van der Waals surface area contributed by atoms with Crippen molar-refractivity contribution in [1.29, 1.82) is 0 Å². The average molecular weight is 186 g/mol. The van der Waals surface area contributed by atoms with Gasteiger partial charge in [-0.15, -0.1) is 0 Å². The number of carbonyl (C=O) groups excluding carboxylic acids is 1. The molecule has 3 heteroatoms. The zero-order valence-electron chi connectivity index (χ0n) is 7.73. The first-order valence-electron chi connectivity index (χ1n) is 4.62. The Morgan fingerprint density at radius 3 is 2.57 bits per heavy atom. The standard InChI is InChI=1S/C11H10N2O/c12-13-10-6-5-8-3-1-2-4-9(8)7-11(10)14/h1-4H,5-7H2. The van der Waals surface area contributed by atoms with E-state index in [1.165, 1.54) is 5.56 Å². The topological polar surface area (TPSA) is 53.5 Å². The van der Waals surface area contributed by atoms with Gasteiger partial charge < -0.3 is 5.53 Å². The van der Waals surface area contributed by atoms with Gasteiger partial charge in [-0.3, -0.25) is 4.79 Å². The summed E-state index contributed by atoms with van der Waals surface area (Å²) in [5.41, 5.74) is 11.2. The fourth-order valence-corrected chi connectivity index (χ4v) is 1.75. The van der Waals surface area contributed by atoms with Gasteiger partial charge in [-0.25, -0.2) is 0 Å². The van der Waals surface area contributed by atoms with Crippen LogP contribution in [0.3, 0.4) is 0 Å². The lowest BCUT2D eigenvalue weighted by atomic mass is 10.0. The molecular formula is C11H10N2O. The third-order valence-corrected chi connectivity index (χ3v) is 2.54. The highest BCUT2D eigenvalue weighted by atomic mass is 16.1. The number of hydrogen-bond acceptors (Lipinski definition) is 1. The summed E-state index contributed by atoms with van der Waals surface area (Å²) in [5.74, 6) is -0.0718. The van der Waals surface area contributed by atoms with E-state index in [0.717, 1.165) is 12.0 Å². The van der Waals surface area contributed by atoms with Crippen molar-refractivity contribution in [2.75, 3.05) is 0 Å². The first-order chi connectivity index (χ1) is 6.81. The molecule has 0 atom stereocenters. The summed E-state index contributed by atoms with van der Waals surface area (Å²) in [5, 5.41) is 0. The quantitative estimate of drug-likeness (QED) is 0.343. The minimum Gasteiger partial charge on any atom is -0.361 e. The van der Waals surface area contributed by atoms with Crippen LogP contribution in [0.1, 0.15) is 17.5 Å². The van der Waals surface area contributed by atoms with Gasteiger partial charge >= 0.3 is 5.71 Å². The minimum atomic E-state index is -0.0718. The molecule has 0 heterocycles. The van der Waals surface area contributed by atoms with Crippen molar-refractivity contribution in [3.8, 4) is 0 Å². The Bertz CT molecular complexity index is 431. The maximum Gasteiger partial charge on any atom is 0.335 e. The van der Waals surface area contributed by atoms with E-state index >= 15 is 0 Å². The van der Waals surface area contributed by atoms with Crippen LogP contribution in [0.5, 0.6) is 0 Å². The summed E-state index contributed by atoms with van der Waals surface area (Å²) in [6.45, 7) is 0. The lowest BCUT2D eigenvalue weighted by molar-refractivity contribution is -0.116. The molecule has 0 aliphatic heterocycles. The van der Waals surface area contributed by atoms with Crippen LogP contribution in [-0.2, 0) is 17.6 Å². The number of aryl methyl sites for hydroxylation is 1. The Hall–Kier alpha value is -1.73. The van der Waals surface area contributed by atoms with Gasteiger partial charge in [0.25, 0.3) is 0 Å². The number of hydrogen-bond donors (Lipinski definition) is 0. The van der Waals surface area contributed by atoms with Crippen LogP contribution >= 0.6 is 0 Å². The number of Topliss-reactive ketones (excluding diaryl/α,β-unsaturated/α-hetero) is 1. The zero-order valence-corrected chi connectivity index (χ0v) is 7.73. The lowest BCUT2D eigenvalue weighted by Crippen LogP contribution is -2.15. The molecule has 0 amide bonds. The molecule has 1 aliphatic rings. The maximum absolute atomic E-state index is 11.5. The molecule has 0 saturated heterocycles. The normalized spacial score (nSPS) is 15.7. The third-order valence-electron chi connectivity index (χ3n) is 2.54. The second kappa shape index (κ2) is 3.56. The molecule has 0 unspecified atom stereocenters. The Morgan fingerprint density at radius 2 is 1.86 bits per heavy atom. The van der Waals surface area contributed by atoms with Crippen molar-refractivity contribution in [3.63, 3.8) is 0 Å². The molecule has 0 N–H and O–H groups in total. The Morgan fingerprint density at radius 1 is 1.14 bits per heavy atom. The SMILES string of the molecule is [N-]=[N+]=C1CCc2ccccc2CC1=O. The van der Waals surface area contributed by atoms with Gasteiger partial charge in [-0.05, 0) is 17.5 Å². The largest absolute Gasteiger partial charge is 0.361 e. The molecule has 2 rings (SSSR count). The Kier molecular flexibility index (Phi) is 2.25. The minimum absolute atomic E-state index is 0.0718. The molecule has 0 saturated carbocycles. The van der Waals surface area contributed by atoms with Crippen molar-refractivity contribution in [3.05, 3.63) is 40.9 Å². The summed E-state index contributed by atoms with van der Waals surface area (Å²) >= 11 is 0. The number of ketones is 1. The van der Waals surface area contributed by atoms with Crippen molar-refractivity contribution >= 4 is 11.5 Å². The summed E-state index contributed by atoms with van der Waals surface area (Å²) in [6, 6.07) is 7.86. The second-order valence-corrected chi connectivity index (χ2v) is 3.42. The molecule has 1 aromatic carbocycles. The number of nitrogens with zero attached hydrogens (tertiary/aromatic N) is 2. The highest BCUT2D eigenvalue weighted by molar-refractivity contribution is 6.38. The van der Waals surface area contributed by atoms with Crippen molar-refractivity contribution in [1.82, 2.24) is 0 Å². The molecule has 0 spiro atoms. The van der Waals surface area contributed by atoms with E-state index < -0.39 is 0 Å². The summed E-state index contributed by atoms with van der Waals surface area (Å²) in [6.07, 6.45) is 1.67. The summed E-state index contributed by atoms with van der Waals surface area (Å²) in [4.78, 5) is 14.6. The van der Waals surface area contributed by atoms with Gasteiger partial charge in [-0.1, -0.05) is 24.3 Å². The molecule has 0 radical (unpaired) electrons. The van der Waals surface area contributed by atoms with E-state index in [1.54, 1.807) is 0 Å². The molecule has 70 valence electrons. The molecular weight excluding hydrogens is 176 g/mol. The van der Waals surface area contributed by atoms with E-state index in [1.807, 2.05) is 24.3 Å². The van der Waals surface area contributed by atoms with Crippen LogP contribution in [-0.4, -0.2) is 16.3 Å². The third kappa shape index (κ3) is 1.50. The van der Waals surface area contributed by atoms with E-state index in [4.69, 9.17) is 5.53 Å². The summed E-state index contributed by atoms with van der Waals surface area (Å²) < 4.78 is 0. The Balaban J connectivity index is 2.42.